The van der Waals surface area contributed by atoms with Crippen molar-refractivity contribution in [3.05, 3.63) is 29.6 Å². The molecule has 1 N–H and O–H groups in total. The Bertz CT molecular complexity index is 314. The Morgan fingerprint density at radius 3 is 2.54 bits per heavy atom. The van der Waals surface area contributed by atoms with Gasteiger partial charge in [-0.2, -0.15) is 0 Å². The van der Waals surface area contributed by atoms with Gasteiger partial charge in [-0.05, 0) is 12.1 Å². The topological polar surface area (TPSA) is 46.5 Å². The van der Waals surface area contributed by atoms with Gasteiger partial charge in [0.25, 0.3) is 0 Å². The molecule has 0 aromatic heterocycles. The molecule has 0 fully saturated rings. The summed E-state index contributed by atoms with van der Waals surface area (Å²) in [5.41, 5.74) is -0.431. The fraction of sp³-hybridized carbons (Fsp3) is 0.125. The second-order valence-electron chi connectivity index (χ2n) is 2.12. The third-order valence-electron chi connectivity index (χ3n) is 1.41. The predicted molar refractivity (Wildman–Crippen MR) is 47.1 cm³/mol. The van der Waals surface area contributed by atoms with Gasteiger partial charge in [0.2, 0.25) is 0 Å². The van der Waals surface area contributed by atoms with E-state index in [1.54, 1.807) is 0 Å². The minimum atomic E-state index is -1.33. The fourth-order valence-electron chi connectivity index (χ4n) is 0.882. The number of hydrogen-bond donors (Lipinski definition) is 1. The standard InChI is InChI=1S/C8H7FO3.Li.H/c1-12-6-4-2-3-5(9)7(6)8(10)11;;/h2-4H,1H3,(H,10,11);;. The van der Waals surface area contributed by atoms with Crippen LogP contribution in [-0.2, 0) is 0 Å². The molecule has 1 rings (SSSR count). The number of carbonyl (C=O) groups is 1. The summed E-state index contributed by atoms with van der Waals surface area (Å²) in [5, 5.41) is 8.56. The molecule has 3 nitrogen and oxygen atoms in total. The summed E-state index contributed by atoms with van der Waals surface area (Å²) in [6.07, 6.45) is 0. The minimum absolute atomic E-state index is 0. The Labute approximate surface area is 86.7 Å². The summed E-state index contributed by atoms with van der Waals surface area (Å²) in [5.74, 6) is -2.09. The first kappa shape index (κ1) is 12.0. The van der Waals surface area contributed by atoms with Crippen molar-refractivity contribution in [2.45, 2.75) is 0 Å². The quantitative estimate of drug-likeness (QED) is 0.684. The van der Waals surface area contributed by atoms with E-state index in [1.165, 1.54) is 19.2 Å². The van der Waals surface area contributed by atoms with E-state index in [9.17, 15) is 9.18 Å². The Kier molecular flexibility index (Phi) is 4.53. The fourth-order valence-corrected chi connectivity index (χ4v) is 0.882. The average Bonchev–Trinajstić information content (AvgIpc) is 2.03. The van der Waals surface area contributed by atoms with Gasteiger partial charge in [0.15, 0.2) is 0 Å². The van der Waals surface area contributed by atoms with Gasteiger partial charge in [-0.25, -0.2) is 9.18 Å². The normalized spacial score (nSPS) is 8.77. The first-order valence-electron chi connectivity index (χ1n) is 3.22. The van der Waals surface area contributed by atoms with Crippen molar-refractivity contribution in [2.75, 3.05) is 7.11 Å². The molecule has 0 aliphatic heterocycles. The predicted octanol–water partition coefficient (Wildman–Crippen LogP) is 0.884. The van der Waals surface area contributed by atoms with E-state index >= 15 is 0 Å². The van der Waals surface area contributed by atoms with Gasteiger partial charge in [0, 0.05) is 0 Å². The summed E-state index contributed by atoms with van der Waals surface area (Å²) in [4.78, 5) is 10.5. The molecular weight excluding hydrogens is 170 g/mol. The molecule has 1 aromatic rings. The van der Waals surface area contributed by atoms with Gasteiger partial charge in [-0.1, -0.05) is 6.07 Å². The number of methoxy groups -OCH3 is 1. The van der Waals surface area contributed by atoms with E-state index in [4.69, 9.17) is 5.11 Å². The van der Waals surface area contributed by atoms with Gasteiger partial charge in [-0.3, -0.25) is 0 Å². The molecule has 13 heavy (non-hydrogen) atoms. The van der Waals surface area contributed by atoms with Crippen LogP contribution in [0.4, 0.5) is 4.39 Å². The maximum atomic E-state index is 12.8. The molecule has 0 unspecified atom stereocenters. The molecule has 0 bridgehead atoms. The molecule has 0 spiro atoms. The first-order valence-corrected chi connectivity index (χ1v) is 3.22. The number of carboxylic acids is 1. The average molecular weight is 178 g/mol. The van der Waals surface area contributed by atoms with Crippen LogP contribution in [-0.4, -0.2) is 37.0 Å². The molecule has 0 aliphatic rings. The van der Waals surface area contributed by atoms with E-state index in [-0.39, 0.29) is 24.6 Å². The number of benzene rings is 1. The molecule has 0 amide bonds. The third kappa shape index (κ3) is 2.48. The van der Waals surface area contributed by atoms with Crippen molar-refractivity contribution in [1.29, 1.82) is 0 Å². The molecule has 5 heteroatoms. The molecule has 0 saturated heterocycles. The van der Waals surface area contributed by atoms with Gasteiger partial charge in [0.05, 0.1) is 7.11 Å². The SMILES string of the molecule is COc1cccc(F)c1C(=O)O.[LiH]. The van der Waals surface area contributed by atoms with E-state index < -0.39 is 17.3 Å². The zero-order chi connectivity index (χ0) is 9.14. The van der Waals surface area contributed by atoms with Crippen LogP contribution in [0, 0.1) is 5.82 Å². The van der Waals surface area contributed by atoms with Crippen LogP contribution in [0.3, 0.4) is 0 Å². The van der Waals surface area contributed by atoms with E-state index in [0.717, 1.165) is 6.07 Å². The third-order valence-corrected chi connectivity index (χ3v) is 1.41. The molecular formula is C8H8FLiO3. The second kappa shape index (κ2) is 4.90. The van der Waals surface area contributed by atoms with Crippen LogP contribution in [0.15, 0.2) is 18.2 Å². The monoisotopic (exact) mass is 178 g/mol. The van der Waals surface area contributed by atoms with Crippen molar-refractivity contribution < 1.29 is 19.0 Å². The Morgan fingerprint density at radius 2 is 2.15 bits per heavy atom. The van der Waals surface area contributed by atoms with Crippen molar-refractivity contribution in [1.82, 2.24) is 0 Å². The zero-order valence-electron chi connectivity index (χ0n) is 6.37. The molecule has 0 radical (unpaired) electrons. The number of hydrogen-bond acceptors (Lipinski definition) is 2. The van der Waals surface area contributed by atoms with Crippen LogP contribution >= 0.6 is 0 Å². The van der Waals surface area contributed by atoms with Gasteiger partial charge >= 0.3 is 24.8 Å². The Hall–Kier alpha value is -0.983. The van der Waals surface area contributed by atoms with E-state index in [2.05, 4.69) is 4.74 Å². The number of halogens is 1. The molecule has 0 saturated carbocycles. The number of carboxylic acid groups (broad SMARTS) is 1. The van der Waals surface area contributed by atoms with Crippen LogP contribution in [0.2, 0.25) is 0 Å². The summed E-state index contributed by atoms with van der Waals surface area (Å²) in [6, 6.07) is 3.86. The molecule has 0 atom stereocenters. The molecule has 1 aromatic carbocycles. The molecule has 0 aliphatic carbocycles. The van der Waals surface area contributed by atoms with Gasteiger partial charge in [0.1, 0.15) is 17.1 Å². The number of ether oxygens (including phenoxy) is 1. The van der Waals surface area contributed by atoms with Gasteiger partial charge < -0.3 is 9.84 Å². The van der Waals surface area contributed by atoms with Crippen molar-refractivity contribution in [2.24, 2.45) is 0 Å². The van der Waals surface area contributed by atoms with Crippen molar-refractivity contribution in [3.63, 3.8) is 0 Å². The first-order chi connectivity index (χ1) is 5.66. The van der Waals surface area contributed by atoms with Crippen molar-refractivity contribution >= 4 is 24.8 Å². The second-order valence-corrected chi connectivity index (χ2v) is 2.12. The number of rotatable bonds is 2. The van der Waals surface area contributed by atoms with Crippen LogP contribution in [0.5, 0.6) is 5.75 Å². The van der Waals surface area contributed by atoms with Gasteiger partial charge in [-0.15, -0.1) is 0 Å². The van der Waals surface area contributed by atoms with Crippen LogP contribution in [0.25, 0.3) is 0 Å². The summed E-state index contributed by atoms with van der Waals surface area (Å²) in [7, 11) is 1.29. The number of aromatic carboxylic acids is 1. The van der Waals surface area contributed by atoms with E-state index in [1.807, 2.05) is 0 Å². The maximum absolute atomic E-state index is 12.8. The molecule has 66 valence electrons. The summed E-state index contributed by atoms with van der Waals surface area (Å²) in [6.45, 7) is 0. The van der Waals surface area contributed by atoms with Crippen LogP contribution < -0.4 is 4.74 Å². The van der Waals surface area contributed by atoms with E-state index in [0.29, 0.717) is 0 Å². The molecule has 0 heterocycles. The van der Waals surface area contributed by atoms with Crippen molar-refractivity contribution in [3.8, 4) is 5.75 Å². The Balaban J connectivity index is 0.00000144. The summed E-state index contributed by atoms with van der Waals surface area (Å²) >= 11 is 0. The van der Waals surface area contributed by atoms with Crippen LogP contribution in [0.1, 0.15) is 10.4 Å². The Morgan fingerprint density at radius 1 is 1.54 bits per heavy atom. The zero-order valence-corrected chi connectivity index (χ0v) is 6.37. The summed E-state index contributed by atoms with van der Waals surface area (Å²) < 4.78 is 17.5.